The van der Waals surface area contributed by atoms with Gasteiger partial charge >= 0.3 is 0 Å². The summed E-state index contributed by atoms with van der Waals surface area (Å²) in [4.78, 5) is 28.9. The molecule has 184 valence electrons. The molecule has 0 aliphatic heterocycles. The summed E-state index contributed by atoms with van der Waals surface area (Å²) in [5, 5.41) is 15.5. The van der Waals surface area contributed by atoms with Gasteiger partial charge in [-0.05, 0) is 56.2 Å². The van der Waals surface area contributed by atoms with E-state index in [9.17, 15) is 9.59 Å². The van der Waals surface area contributed by atoms with E-state index in [0.717, 1.165) is 43.0 Å². The van der Waals surface area contributed by atoms with Crippen LogP contribution >= 0.6 is 0 Å². The van der Waals surface area contributed by atoms with Crippen molar-refractivity contribution in [3.05, 3.63) is 48.4 Å². The standard InChI is InChI=1S/C25H29N7O3.H2/c1-26-24(33)10-7-16-5-8-18(9-6-16)31-15-17-12-19(21(35-2)13-20(17)30-31)25(34)29-23-14-27-22-4-3-11-28-32(22)23;/h3-4,11-16,18H,5-10H2,1-2H3,(H,26,33)(H,29,34);1H. The quantitative estimate of drug-likeness (QED) is 0.418. The van der Waals surface area contributed by atoms with E-state index >= 15 is 0 Å². The van der Waals surface area contributed by atoms with Crippen LogP contribution in [0.25, 0.3) is 16.6 Å². The van der Waals surface area contributed by atoms with Gasteiger partial charge in [0, 0.05) is 38.7 Å². The summed E-state index contributed by atoms with van der Waals surface area (Å²) in [6.07, 6.45) is 11.0. The maximum absolute atomic E-state index is 13.1. The third kappa shape index (κ3) is 4.68. The zero-order valence-corrected chi connectivity index (χ0v) is 19.9. The lowest BCUT2D eigenvalue weighted by Gasteiger charge is -2.28. The first-order valence-corrected chi connectivity index (χ1v) is 11.9. The Bertz CT molecular complexity index is 1370. The van der Waals surface area contributed by atoms with Crippen LogP contribution in [0, 0.1) is 5.92 Å². The number of nitrogens with zero attached hydrogens (tertiary/aromatic N) is 5. The van der Waals surface area contributed by atoms with Crippen molar-refractivity contribution in [1.29, 1.82) is 0 Å². The smallest absolute Gasteiger partial charge is 0.260 e. The molecular weight excluding hydrogens is 446 g/mol. The van der Waals surface area contributed by atoms with Crippen LogP contribution in [0.4, 0.5) is 5.82 Å². The Morgan fingerprint density at radius 2 is 2.06 bits per heavy atom. The van der Waals surface area contributed by atoms with E-state index in [1.807, 2.05) is 29.1 Å². The van der Waals surface area contributed by atoms with Crippen molar-refractivity contribution in [3.8, 4) is 5.75 Å². The van der Waals surface area contributed by atoms with Gasteiger partial charge in [0.25, 0.3) is 5.91 Å². The van der Waals surface area contributed by atoms with E-state index in [4.69, 9.17) is 9.84 Å². The van der Waals surface area contributed by atoms with Crippen molar-refractivity contribution in [2.75, 3.05) is 19.5 Å². The Labute approximate surface area is 204 Å². The van der Waals surface area contributed by atoms with E-state index in [-0.39, 0.29) is 13.2 Å². The summed E-state index contributed by atoms with van der Waals surface area (Å²) in [7, 11) is 3.23. The van der Waals surface area contributed by atoms with Gasteiger partial charge in [-0.2, -0.15) is 14.7 Å². The van der Waals surface area contributed by atoms with Gasteiger partial charge in [-0.1, -0.05) is 0 Å². The number of hydrogen-bond acceptors (Lipinski definition) is 6. The van der Waals surface area contributed by atoms with E-state index in [1.54, 1.807) is 37.1 Å². The maximum Gasteiger partial charge on any atom is 0.260 e. The minimum absolute atomic E-state index is 0. The molecule has 1 fully saturated rings. The highest BCUT2D eigenvalue weighted by Gasteiger charge is 2.24. The van der Waals surface area contributed by atoms with Crippen LogP contribution in [0.2, 0.25) is 0 Å². The number of carbonyl (C=O) groups is 2. The number of benzene rings is 1. The number of amides is 2. The molecular formula is C25H31N7O3. The number of methoxy groups -OCH3 is 1. The number of ether oxygens (including phenoxy) is 1. The molecule has 1 saturated carbocycles. The predicted octanol–water partition coefficient (Wildman–Crippen LogP) is 3.84. The first-order valence-electron chi connectivity index (χ1n) is 11.9. The summed E-state index contributed by atoms with van der Waals surface area (Å²) in [5.74, 6) is 1.33. The van der Waals surface area contributed by atoms with Crippen molar-refractivity contribution < 1.29 is 15.8 Å². The molecule has 10 heteroatoms. The molecule has 2 N–H and O–H groups in total. The van der Waals surface area contributed by atoms with Crippen LogP contribution in [-0.2, 0) is 4.79 Å². The van der Waals surface area contributed by atoms with E-state index in [2.05, 4.69) is 20.7 Å². The second-order valence-electron chi connectivity index (χ2n) is 9.00. The van der Waals surface area contributed by atoms with Crippen molar-refractivity contribution in [1.82, 2.24) is 29.7 Å². The molecule has 4 aromatic rings. The summed E-state index contributed by atoms with van der Waals surface area (Å²) in [6, 6.07) is 7.55. The van der Waals surface area contributed by atoms with Crippen molar-refractivity contribution in [2.24, 2.45) is 5.92 Å². The Kier molecular flexibility index (Phi) is 6.35. The van der Waals surface area contributed by atoms with Gasteiger partial charge in [0.2, 0.25) is 5.91 Å². The van der Waals surface area contributed by atoms with Crippen LogP contribution in [0.3, 0.4) is 0 Å². The van der Waals surface area contributed by atoms with E-state index in [0.29, 0.717) is 41.2 Å². The monoisotopic (exact) mass is 477 g/mol. The Balaban J connectivity index is 0.00000304. The topological polar surface area (TPSA) is 115 Å². The average Bonchev–Trinajstić information content (AvgIpc) is 3.50. The van der Waals surface area contributed by atoms with Gasteiger partial charge in [0.05, 0.1) is 30.4 Å². The number of anilines is 1. The van der Waals surface area contributed by atoms with Crippen molar-refractivity contribution in [3.63, 3.8) is 0 Å². The zero-order valence-electron chi connectivity index (χ0n) is 19.9. The fourth-order valence-electron chi connectivity index (χ4n) is 4.86. The number of carbonyl (C=O) groups excluding carboxylic acids is 2. The number of imidazole rings is 1. The largest absolute Gasteiger partial charge is 0.496 e. The molecule has 35 heavy (non-hydrogen) atoms. The molecule has 0 radical (unpaired) electrons. The summed E-state index contributed by atoms with van der Waals surface area (Å²) in [5.41, 5.74) is 1.86. The lowest BCUT2D eigenvalue weighted by molar-refractivity contribution is -0.120. The summed E-state index contributed by atoms with van der Waals surface area (Å²) >= 11 is 0. The van der Waals surface area contributed by atoms with Crippen LogP contribution < -0.4 is 15.4 Å². The Hall–Kier alpha value is -3.95. The molecule has 10 nitrogen and oxygen atoms in total. The van der Waals surface area contributed by atoms with Gasteiger partial charge in [0.1, 0.15) is 5.75 Å². The molecule has 0 atom stereocenters. The molecule has 0 unspecified atom stereocenters. The number of hydrogen-bond donors (Lipinski definition) is 2. The summed E-state index contributed by atoms with van der Waals surface area (Å²) in [6.45, 7) is 0. The molecule has 1 aromatic carbocycles. The van der Waals surface area contributed by atoms with Crippen LogP contribution in [0.1, 0.15) is 56.4 Å². The van der Waals surface area contributed by atoms with Crippen LogP contribution in [-0.4, -0.2) is 50.4 Å². The molecule has 1 aliphatic carbocycles. The molecule has 0 saturated heterocycles. The van der Waals surface area contributed by atoms with Gasteiger partial charge in [0.15, 0.2) is 11.5 Å². The fraction of sp³-hybridized carbons (Fsp3) is 0.400. The molecule has 0 spiro atoms. The lowest BCUT2D eigenvalue weighted by atomic mass is 9.83. The SMILES string of the molecule is CNC(=O)CCC1CCC(n2cc3cc(C(=O)Nc4cnc5cccnn45)c(OC)cc3n2)CC1.[HH]. The van der Waals surface area contributed by atoms with Gasteiger partial charge in [-0.3, -0.25) is 14.3 Å². The van der Waals surface area contributed by atoms with Crippen molar-refractivity contribution in [2.45, 2.75) is 44.6 Å². The highest BCUT2D eigenvalue weighted by Crippen LogP contribution is 2.35. The van der Waals surface area contributed by atoms with Crippen LogP contribution in [0.15, 0.2) is 42.9 Å². The minimum Gasteiger partial charge on any atom is -0.496 e. The fourth-order valence-corrected chi connectivity index (χ4v) is 4.86. The Morgan fingerprint density at radius 1 is 1.23 bits per heavy atom. The van der Waals surface area contributed by atoms with E-state index in [1.165, 1.54) is 0 Å². The van der Waals surface area contributed by atoms with Crippen LogP contribution in [0.5, 0.6) is 5.75 Å². The van der Waals surface area contributed by atoms with Gasteiger partial charge in [-0.15, -0.1) is 0 Å². The maximum atomic E-state index is 13.1. The predicted molar refractivity (Wildman–Crippen MR) is 134 cm³/mol. The highest BCUT2D eigenvalue weighted by molar-refractivity contribution is 6.08. The lowest BCUT2D eigenvalue weighted by Crippen LogP contribution is -2.22. The molecule has 1 aliphatic rings. The number of aromatic nitrogens is 5. The van der Waals surface area contributed by atoms with E-state index < -0.39 is 0 Å². The summed E-state index contributed by atoms with van der Waals surface area (Å²) < 4.78 is 9.12. The second kappa shape index (κ2) is 9.73. The second-order valence-corrected chi connectivity index (χ2v) is 9.00. The number of rotatable bonds is 7. The molecule has 0 bridgehead atoms. The Morgan fingerprint density at radius 3 is 2.83 bits per heavy atom. The first-order chi connectivity index (χ1) is 17.1. The minimum atomic E-state index is -0.305. The van der Waals surface area contributed by atoms with Gasteiger partial charge < -0.3 is 15.4 Å². The molecule has 3 aromatic heterocycles. The average molecular weight is 478 g/mol. The first kappa shape index (κ1) is 22.8. The van der Waals surface area contributed by atoms with Gasteiger partial charge in [-0.25, -0.2) is 4.98 Å². The third-order valence-corrected chi connectivity index (χ3v) is 6.86. The zero-order chi connectivity index (χ0) is 24.4. The molecule has 5 rings (SSSR count). The molecule has 3 heterocycles. The third-order valence-electron chi connectivity index (χ3n) is 6.86. The van der Waals surface area contributed by atoms with Crippen molar-refractivity contribution >= 4 is 34.2 Å². The molecule has 2 amide bonds. The number of nitrogens with one attached hydrogen (secondary N) is 2. The normalized spacial score (nSPS) is 18.0. The highest BCUT2D eigenvalue weighted by atomic mass is 16.5. The number of fused-ring (bicyclic) bond motifs is 2.